The van der Waals surface area contributed by atoms with E-state index in [-0.39, 0.29) is 11.6 Å². The third-order valence-corrected chi connectivity index (χ3v) is 3.69. The molecular formula is C18H19N5O. The lowest BCUT2D eigenvalue weighted by atomic mass is 10.1. The van der Waals surface area contributed by atoms with Crippen LogP contribution in [-0.4, -0.2) is 14.5 Å². The molecule has 0 aliphatic heterocycles. The highest BCUT2D eigenvalue weighted by Crippen LogP contribution is 2.15. The number of benzene rings is 2. The van der Waals surface area contributed by atoms with Gasteiger partial charge in [0.2, 0.25) is 5.95 Å². The summed E-state index contributed by atoms with van der Waals surface area (Å²) < 4.78 is 1.53. The zero-order chi connectivity index (χ0) is 16.9. The van der Waals surface area contributed by atoms with Gasteiger partial charge in [0.05, 0.1) is 11.4 Å². The van der Waals surface area contributed by atoms with Crippen molar-refractivity contribution in [2.75, 3.05) is 10.9 Å². The molecule has 0 atom stereocenters. The van der Waals surface area contributed by atoms with E-state index in [1.807, 2.05) is 54.6 Å². The van der Waals surface area contributed by atoms with Crippen LogP contribution < -0.4 is 16.5 Å². The van der Waals surface area contributed by atoms with Crippen molar-refractivity contribution in [2.24, 2.45) is 0 Å². The van der Waals surface area contributed by atoms with Crippen molar-refractivity contribution >= 4 is 11.6 Å². The van der Waals surface area contributed by atoms with Crippen molar-refractivity contribution < 1.29 is 0 Å². The van der Waals surface area contributed by atoms with Crippen molar-refractivity contribution in [1.82, 2.24) is 14.5 Å². The van der Waals surface area contributed by atoms with E-state index in [0.29, 0.717) is 5.82 Å². The van der Waals surface area contributed by atoms with Gasteiger partial charge in [-0.1, -0.05) is 43.3 Å². The van der Waals surface area contributed by atoms with Crippen LogP contribution in [0.5, 0.6) is 0 Å². The molecule has 0 amide bonds. The maximum Gasteiger partial charge on any atom is 0.356 e. The standard InChI is InChI=1S/C18H19N5O/c1-3-14-9-7-8-12-16(14)23-13(2)19-17(20-18(23)24)22-21-15-10-5-4-6-11-15/h4-12,21H,3H2,1-2H3,(H,20,22,24). The van der Waals surface area contributed by atoms with Crippen LogP contribution in [0.3, 0.4) is 0 Å². The molecule has 0 saturated heterocycles. The van der Waals surface area contributed by atoms with Gasteiger partial charge in [-0.25, -0.2) is 9.36 Å². The summed E-state index contributed by atoms with van der Waals surface area (Å²) in [5.41, 5.74) is 8.24. The molecule has 6 nitrogen and oxygen atoms in total. The van der Waals surface area contributed by atoms with E-state index in [2.05, 4.69) is 27.7 Å². The van der Waals surface area contributed by atoms with Crippen LogP contribution in [0.15, 0.2) is 59.4 Å². The first-order chi connectivity index (χ1) is 11.7. The fourth-order valence-electron chi connectivity index (χ4n) is 2.52. The van der Waals surface area contributed by atoms with Crippen LogP contribution >= 0.6 is 0 Å². The van der Waals surface area contributed by atoms with Crippen molar-refractivity contribution in [3.63, 3.8) is 0 Å². The summed E-state index contributed by atoms with van der Waals surface area (Å²) in [7, 11) is 0. The molecule has 0 aliphatic carbocycles. The minimum absolute atomic E-state index is 0.242. The summed E-state index contributed by atoms with van der Waals surface area (Å²) in [6, 6.07) is 17.3. The zero-order valence-electron chi connectivity index (χ0n) is 13.7. The maximum atomic E-state index is 12.5. The maximum absolute atomic E-state index is 12.5. The summed E-state index contributed by atoms with van der Waals surface area (Å²) in [6.07, 6.45) is 0.831. The number of aromatic nitrogens is 3. The molecule has 3 rings (SSSR count). The fourth-order valence-corrected chi connectivity index (χ4v) is 2.52. The molecule has 1 aromatic heterocycles. The predicted octanol–water partition coefficient (Wildman–Crippen LogP) is 2.94. The Balaban J connectivity index is 1.90. The summed E-state index contributed by atoms with van der Waals surface area (Å²) in [6.45, 7) is 3.85. The van der Waals surface area contributed by atoms with Gasteiger partial charge in [-0.2, -0.15) is 9.97 Å². The summed E-state index contributed by atoms with van der Waals surface area (Å²) in [5.74, 6) is 0.819. The third-order valence-electron chi connectivity index (χ3n) is 3.69. The predicted molar refractivity (Wildman–Crippen MR) is 95.4 cm³/mol. The summed E-state index contributed by atoms with van der Waals surface area (Å²) in [4.78, 5) is 20.9. The monoisotopic (exact) mass is 321 g/mol. The molecule has 3 aromatic rings. The van der Waals surface area contributed by atoms with Crippen LogP contribution in [0.25, 0.3) is 5.69 Å². The van der Waals surface area contributed by atoms with Crippen LogP contribution in [0, 0.1) is 6.92 Å². The number of hydrogen-bond acceptors (Lipinski definition) is 5. The Hall–Kier alpha value is -3.15. The largest absolute Gasteiger partial charge is 0.356 e. The number of hydrazine groups is 1. The van der Waals surface area contributed by atoms with E-state index in [1.165, 1.54) is 4.57 Å². The van der Waals surface area contributed by atoms with Gasteiger partial charge < -0.3 is 0 Å². The van der Waals surface area contributed by atoms with Crippen molar-refractivity contribution in [3.05, 3.63) is 76.5 Å². The second-order valence-electron chi connectivity index (χ2n) is 5.31. The van der Waals surface area contributed by atoms with E-state index in [1.54, 1.807) is 6.92 Å². The number of para-hydroxylation sites is 2. The minimum atomic E-state index is -0.360. The van der Waals surface area contributed by atoms with Gasteiger partial charge in [-0.05, 0) is 37.1 Å². The molecule has 0 bridgehead atoms. The molecule has 0 aliphatic rings. The Labute approximate surface area is 140 Å². The Bertz CT molecular complexity index is 889. The SMILES string of the molecule is CCc1ccccc1-n1c(C)nc(NNc2ccccc2)nc1=O. The van der Waals surface area contributed by atoms with Gasteiger partial charge in [0.25, 0.3) is 0 Å². The molecule has 122 valence electrons. The fraction of sp³-hybridized carbons (Fsp3) is 0.167. The molecule has 0 radical (unpaired) electrons. The van der Waals surface area contributed by atoms with Gasteiger partial charge in [-0.15, -0.1) is 0 Å². The van der Waals surface area contributed by atoms with Gasteiger partial charge >= 0.3 is 5.69 Å². The summed E-state index contributed by atoms with van der Waals surface area (Å²) in [5, 5.41) is 0. The number of aryl methyl sites for hydroxylation is 2. The van der Waals surface area contributed by atoms with Crippen molar-refractivity contribution in [3.8, 4) is 5.69 Å². The van der Waals surface area contributed by atoms with Gasteiger partial charge in [0.15, 0.2) is 0 Å². The molecule has 24 heavy (non-hydrogen) atoms. The lowest BCUT2D eigenvalue weighted by Crippen LogP contribution is -2.28. The molecular weight excluding hydrogens is 302 g/mol. The topological polar surface area (TPSA) is 71.8 Å². The molecule has 6 heteroatoms. The second kappa shape index (κ2) is 6.95. The number of nitrogens with one attached hydrogen (secondary N) is 2. The smallest absolute Gasteiger partial charge is 0.298 e. The Morgan fingerprint density at radius 2 is 1.67 bits per heavy atom. The molecule has 1 heterocycles. The number of anilines is 2. The van der Waals surface area contributed by atoms with Crippen LogP contribution in [0.1, 0.15) is 18.3 Å². The van der Waals surface area contributed by atoms with Gasteiger partial charge in [-0.3, -0.25) is 10.9 Å². The highest BCUT2D eigenvalue weighted by molar-refractivity contribution is 5.47. The molecule has 0 fully saturated rings. The minimum Gasteiger partial charge on any atom is -0.298 e. The first-order valence-corrected chi connectivity index (χ1v) is 7.82. The first kappa shape index (κ1) is 15.7. The normalized spacial score (nSPS) is 10.4. The van der Waals surface area contributed by atoms with E-state index in [9.17, 15) is 4.79 Å². The lowest BCUT2D eigenvalue weighted by molar-refractivity contribution is 0.804. The molecule has 0 spiro atoms. The van der Waals surface area contributed by atoms with Crippen LogP contribution in [-0.2, 0) is 6.42 Å². The van der Waals surface area contributed by atoms with Crippen molar-refractivity contribution in [1.29, 1.82) is 0 Å². The first-order valence-electron chi connectivity index (χ1n) is 7.82. The Morgan fingerprint density at radius 1 is 0.958 bits per heavy atom. The summed E-state index contributed by atoms with van der Waals surface area (Å²) >= 11 is 0. The van der Waals surface area contributed by atoms with E-state index in [0.717, 1.165) is 23.4 Å². The quantitative estimate of drug-likeness (QED) is 0.707. The second-order valence-corrected chi connectivity index (χ2v) is 5.31. The molecule has 2 aromatic carbocycles. The zero-order valence-corrected chi connectivity index (χ0v) is 13.7. The van der Waals surface area contributed by atoms with Crippen LogP contribution in [0.4, 0.5) is 11.6 Å². The van der Waals surface area contributed by atoms with E-state index >= 15 is 0 Å². The Kier molecular flexibility index (Phi) is 4.56. The number of nitrogens with zero attached hydrogens (tertiary/aromatic N) is 3. The lowest BCUT2D eigenvalue weighted by Gasteiger charge is -2.14. The van der Waals surface area contributed by atoms with Crippen LogP contribution in [0.2, 0.25) is 0 Å². The highest BCUT2D eigenvalue weighted by atomic mass is 16.1. The van der Waals surface area contributed by atoms with Crippen molar-refractivity contribution in [2.45, 2.75) is 20.3 Å². The average molecular weight is 321 g/mol. The Morgan fingerprint density at radius 3 is 2.38 bits per heavy atom. The third kappa shape index (κ3) is 3.27. The van der Waals surface area contributed by atoms with E-state index < -0.39 is 0 Å². The van der Waals surface area contributed by atoms with Gasteiger partial charge in [0.1, 0.15) is 5.82 Å². The molecule has 0 saturated carbocycles. The van der Waals surface area contributed by atoms with Gasteiger partial charge in [0, 0.05) is 0 Å². The molecule has 2 N–H and O–H groups in total. The highest BCUT2D eigenvalue weighted by Gasteiger charge is 2.11. The molecule has 0 unspecified atom stereocenters. The van der Waals surface area contributed by atoms with E-state index in [4.69, 9.17) is 0 Å². The average Bonchev–Trinajstić information content (AvgIpc) is 2.61. The number of rotatable bonds is 5. The number of hydrogen-bond donors (Lipinski definition) is 2.